The highest BCUT2D eigenvalue weighted by Crippen LogP contribution is 2.27. The molecule has 0 aliphatic carbocycles. The Morgan fingerprint density at radius 3 is 2.43 bits per heavy atom. The van der Waals surface area contributed by atoms with Crippen LogP contribution in [0.3, 0.4) is 0 Å². The molecule has 0 radical (unpaired) electrons. The summed E-state index contributed by atoms with van der Waals surface area (Å²) in [6, 6.07) is 8.02. The Hall–Kier alpha value is -2.04. The molecule has 1 aliphatic rings. The third-order valence-corrected chi connectivity index (χ3v) is 4.34. The molecule has 0 saturated carbocycles. The standard InChI is InChI=1S/C18H27N3O2/c1-4-11-19-18(23)14-12-17(22)21(13-14)16-9-7-15(8-10-16)20(5-2)6-3/h7-10,14H,4-6,11-13H2,1-3H3,(H,19,23). The van der Waals surface area contributed by atoms with Gasteiger partial charge >= 0.3 is 0 Å². The maximum absolute atomic E-state index is 12.2. The Balaban J connectivity index is 2.04. The van der Waals surface area contributed by atoms with Gasteiger partial charge < -0.3 is 15.1 Å². The molecule has 0 spiro atoms. The van der Waals surface area contributed by atoms with Gasteiger partial charge in [-0.2, -0.15) is 0 Å². The highest BCUT2D eigenvalue weighted by Gasteiger charge is 2.34. The van der Waals surface area contributed by atoms with Crippen molar-refractivity contribution < 1.29 is 9.59 Å². The van der Waals surface area contributed by atoms with Gasteiger partial charge in [0, 0.05) is 44.0 Å². The number of amides is 2. The number of rotatable bonds is 7. The van der Waals surface area contributed by atoms with Crippen molar-refractivity contribution in [2.24, 2.45) is 5.92 Å². The SMILES string of the molecule is CCCNC(=O)C1CC(=O)N(c2ccc(N(CC)CC)cc2)C1. The average Bonchev–Trinajstić information content (AvgIpc) is 2.96. The Labute approximate surface area is 138 Å². The minimum atomic E-state index is -0.239. The van der Waals surface area contributed by atoms with Crippen LogP contribution in [-0.4, -0.2) is 38.0 Å². The van der Waals surface area contributed by atoms with Gasteiger partial charge in [-0.25, -0.2) is 0 Å². The van der Waals surface area contributed by atoms with Crippen molar-refractivity contribution in [2.75, 3.05) is 36.0 Å². The van der Waals surface area contributed by atoms with Gasteiger partial charge in [0.05, 0.1) is 5.92 Å². The second-order valence-corrected chi connectivity index (χ2v) is 5.89. The van der Waals surface area contributed by atoms with E-state index in [1.165, 1.54) is 0 Å². The van der Waals surface area contributed by atoms with E-state index < -0.39 is 0 Å². The molecule has 23 heavy (non-hydrogen) atoms. The summed E-state index contributed by atoms with van der Waals surface area (Å²) in [4.78, 5) is 28.3. The van der Waals surface area contributed by atoms with E-state index in [1.807, 2.05) is 31.2 Å². The number of carbonyl (C=O) groups is 2. The fourth-order valence-corrected chi connectivity index (χ4v) is 2.96. The van der Waals surface area contributed by atoms with E-state index in [1.54, 1.807) is 4.90 Å². The quantitative estimate of drug-likeness (QED) is 0.840. The van der Waals surface area contributed by atoms with Gasteiger partial charge in [0.1, 0.15) is 0 Å². The van der Waals surface area contributed by atoms with Crippen molar-refractivity contribution in [2.45, 2.75) is 33.6 Å². The summed E-state index contributed by atoms with van der Waals surface area (Å²) in [6.45, 7) is 9.32. The van der Waals surface area contributed by atoms with Crippen molar-refractivity contribution in [3.63, 3.8) is 0 Å². The van der Waals surface area contributed by atoms with Gasteiger partial charge in [-0.3, -0.25) is 9.59 Å². The zero-order valence-electron chi connectivity index (χ0n) is 14.3. The van der Waals surface area contributed by atoms with Crippen molar-refractivity contribution in [3.05, 3.63) is 24.3 Å². The zero-order chi connectivity index (χ0) is 16.8. The van der Waals surface area contributed by atoms with E-state index in [2.05, 4.69) is 24.1 Å². The Bertz CT molecular complexity index is 538. The second-order valence-electron chi connectivity index (χ2n) is 5.89. The van der Waals surface area contributed by atoms with Crippen molar-refractivity contribution >= 4 is 23.2 Å². The normalized spacial score (nSPS) is 17.4. The van der Waals surface area contributed by atoms with Crippen molar-refractivity contribution in [1.82, 2.24) is 5.32 Å². The lowest BCUT2D eigenvalue weighted by Crippen LogP contribution is -2.33. The number of nitrogens with zero attached hydrogens (tertiary/aromatic N) is 2. The minimum absolute atomic E-state index is 0.0116. The molecule has 1 fully saturated rings. The number of anilines is 2. The van der Waals surface area contributed by atoms with Gasteiger partial charge in [0.2, 0.25) is 11.8 Å². The van der Waals surface area contributed by atoms with E-state index in [0.29, 0.717) is 19.5 Å². The number of carbonyl (C=O) groups excluding carboxylic acids is 2. The van der Waals surface area contributed by atoms with Gasteiger partial charge in [-0.15, -0.1) is 0 Å². The maximum Gasteiger partial charge on any atom is 0.227 e. The summed E-state index contributed by atoms with van der Waals surface area (Å²) < 4.78 is 0. The van der Waals surface area contributed by atoms with E-state index >= 15 is 0 Å². The molecular weight excluding hydrogens is 290 g/mol. The van der Waals surface area contributed by atoms with Gasteiger partial charge in [0.25, 0.3) is 0 Å². The average molecular weight is 317 g/mol. The Morgan fingerprint density at radius 2 is 1.87 bits per heavy atom. The number of hydrogen-bond donors (Lipinski definition) is 1. The topological polar surface area (TPSA) is 52.7 Å². The molecule has 1 unspecified atom stereocenters. The molecular formula is C18H27N3O2. The zero-order valence-corrected chi connectivity index (χ0v) is 14.3. The summed E-state index contributed by atoms with van der Waals surface area (Å²) in [5, 5.41) is 2.88. The maximum atomic E-state index is 12.2. The predicted molar refractivity (Wildman–Crippen MR) is 93.8 cm³/mol. The van der Waals surface area contributed by atoms with Crippen LogP contribution in [0.2, 0.25) is 0 Å². The third-order valence-electron chi connectivity index (χ3n) is 4.34. The molecule has 0 aromatic heterocycles. The smallest absolute Gasteiger partial charge is 0.227 e. The number of benzene rings is 1. The fraction of sp³-hybridized carbons (Fsp3) is 0.556. The molecule has 0 bridgehead atoms. The minimum Gasteiger partial charge on any atom is -0.372 e. The molecule has 2 amide bonds. The van der Waals surface area contributed by atoms with Crippen LogP contribution < -0.4 is 15.1 Å². The molecule has 5 nitrogen and oxygen atoms in total. The number of nitrogens with one attached hydrogen (secondary N) is 1. The number of hydrogen-bond acceptors (Lipinski definition) is 3. The molecule has 1 heterocycles. The van der Waals surface area contributed by atoms with Gasteiger partial charge in [-0.05, 0) is 44.5 Å². The van der Waals surface area contributed by atoms with Gasteiger partial charge in [0.15, 0.2) is 0 Å². The summed E-state index contributed by atoms with van der Waals surface area (Å²) in [5.74, 6) is -0.226. The van der Waals surface area contributed by atoms with Crippen LogP contribution in [0.25, 0.3) is 0 Å². The summed E-state index contributed by atoms with van der Waals surface area (Å²) in [5.41, 5.74) is 2.03. The largest absolute Gasteiger partial charge is 0.372 e. The fourth-order valence-electron chi connectivity index (χ4n) is 2.96. The molecule has 1 aromatic rings. The lowest BCUT2D eigenvalue weighted by atomic mass is 10.1. The van der Waals surface area contributed by atoms with Crippen LogP contribution in [0.4, 0.5) is 11.4 Å². The second kappa shape index (κ2) is 7.99. The van der Waals surface area contributed by atoms with Crippen molar-refractivity contribution in [1.29, 1.82) is 0 Å². The third kappa shape index (κ3) is 4.03. The first kappa shape index (κ1) is 17.3. The van der Waals surface area contributed by atoms with Crippen LogP contribution >= 0.6 is 0 Å². The highest BCUT2D eigenvalue weighted by molar-refractivity contribution is 6.00. The van der Waals surface area contributed by atoms with Crippen LogP contribution in [0.1, 0.15) is 33.6 Å². The molecule has 1 atom stereocenters. The highest BCUT2D eigenvalue weighted by atomic mass is 16.2. The monoisotopic (exact) mass is 317 g/mol. The van der Waals surface area contributed by atoms with E-state index in [9.17, 15) is 9.59 Å². The molecule has 2 rings (SSSR count). The first-order chi connectivity index (χ1) is 11.1. The molecule has 1 N–H and O–H groups in total. The molecule has 126 valence electrons. The summed E-state index contributed by atoms with van der Waals surface area (Å²) in [6.07, 6.45) is 1.20. The summed E-state index contributed by atoms with van der Waals surface area (Å²) in [7, 11) is 0. The lowest BCUT2D eigenvalue weighted by molar-refractivity contribution is -0.126. The van der Waals surface area contributed by atoms with Crippen LogP contribution in [-0.2, 0) is 9.59 Å². The van der Waals surface area contributed by atoms with Crippen LogP contribution in [0, 0.1) is 5.92 Å². The molecule has 1 aliphatic heterocycles. The van der Waals surface area contributed by atoms with E-state index in [4.69, 9.17) is 0 Å². The first-order valence-electron chi connectivity index (χ1n) is 8.53. The predicted octanol–water partition coefficient (Wildman–Crippen LogP) is 2.41. The molecule has 1 aromatic carbocycles. The Kier molecular flexibility index (Phi) is 6.02. The molecule has 5 heteroatoms. The van der Waals surface area contributed by atoms with E-state index in [0.717, 1.165) is 30.9 Å². The van der Waals surface area contributed by atoms with Crippen LogP contribution in [0.5, 0.6) is 0 Å². The summed E-state index contributed by atoms with van der Waals surface area (Å²) >= 11 is 0. The molecule has 1 saturated heterocycles. The van der Waals surface area contributed by atoms with Crippen molar-refractivity contribution in [3.8, 4) is 0 Å². The van der Waals surface area contributed by atoms with E-state index in [-0.39, 0.29) is 17.7 Å². The Morgan fingerprint density at radius 1 is 1.22 bits per heavy atom. The first-order valence-corrected chi connectivity index (χ1v) is 8.53. The van der Waals surface area contributed by atoms with Gasteiger partial charge in [-0.1, -0.05) is 6.92 Å². The van der Waals surface area contributed by atoms with Crippen LogP contribution in [0.15, 0.2) is 24.3 Å². The lowest BCUT2D eigenvalue weighted by Gasteiger charge is -2.22.